The maximum Gasteiger partial charge on any atom is 0.238 e. The van der Waals surface area contributed by atoms with Crippen LogP contribution in [0.25, 0.3) is 0 Å². The second-order valence-electron chi connectivity index (χ2n) is 7.48. The largest absolute Gasteiger partial charge is 0.357 e. The van der Waals surface area contributed by atoms with E-state index in [1.54, 1.807) is 12.4 Å². The van der Waals surface area contributed by atoms with E-state index >= 15 is 0 Å². The molecule has 0 saturated carbocycles. The van der Waals surface area contributed by atoms with E-state index in [1.165, 1.54) is 19.3 Å². The molecule has 1 amide bonds. The number of aromatic nitrogens is 2. The average Bonchev–Trinajstić information content (AvgIpc) is 2.76. The molecule has 0 radical (unpaired) electrons. The van der Waals surface area contributed by atoms with Gasteiger partial charge in [0.05, 0.1) is 18.4 Å². The van der Waals surface area contributed by atoms with Crippen LogP contribution in [0.4, 0.5) is 11.5 Å². The van der Waals surface area contributed by atoms with Crippen LogP contribution in [0.3, 0.4) is 0 Å². The van der Waals surface area contributed by atoms with Gasteiger partial charge in [0.1, 0.15) is 5.82 Å². The Morgan fingerprint density at radius 3 is 2.79 bits per heavy atom. The normalized spacial score (nSPS) is 20.7. The third-order valence-electron chi connectivity index (χ3n) is 5.48. The third-order valence-corrected chi connectivity index (χ3v) is 5.48. The molecule has 2 N–H and O–H groups in total. The highest BCUT2D eigenvalue weighted by molar-refractivity contribution is 5.92. The molecular formula is C21H28N6O. The summed E-state index contributed by atoms with van der Waals surface area (Å²) >= 11 is 0. The molecule has 7 heteroatoms. The van der Waals surface area contributed by atoms with Crippen molar-refractivity contribution in [2.24, 2.45) is 0 Å². The molecule has 0 aromatic carbocycles. The number of nitrogens with zero attached hydrogens (tertiary/aromatic N) is 4. The predicted octanol–water partition coefficient (Wildman–Crippen LogP) is 2.05. The highest BCUT2D eigenvalue weighted by Crippen LogP contribution is 2.22. The summed E-state index contributed by atoms with van der Waals surface area (Å²) in [5.74, 6) is 0.986. The van der Waals surface area contributed by atoms with Crippen LogP contribution in [0.1, 0.15) is 30.9 Å². The van der Waals surface area contributed by atoms with Crippen LogP contribution < -0.4 is 15.5 Å². The Morgan fingerprint density at radius 2 is 2.04 bits per heavy atom. The van der Waals surface area contributed by atoms with Crippen molar-refractivity contribution >= 4 is 17.4 Å². The van der Waals surface area contributed by atoms with Gasteiger partial charge in [-0.2, -0.15) is 0 Å². The van der Waals surface area contributed by atoms with E-state index in [1.807, 2.05) is 24.4 Å². The number of carbonyl (C=O) groups is 1. The molecule has 2 aromatic rings. The maximum absolute atomic E-state index is 12.6. The first-order valence-electron chi connectivity index (χ1n) is 10.2. The molecule has 0 spiro atoms. The monoisotopic (exact) mass is 380 g/mol. The lowest BCUT2D eigenvalue weighted by Gasteiger charge is -2.35. The van der Waals surface area contributed by atoms with Crippen molar-refractivity contribution in [1.29, 1.82) is 0 Å². The van der Waals surface area contributed by atoms with Crippen molar-refractivity contribution in [2.75, 3.05) is 49.5 Å². The van der Waals surface area contributed by atoms with E-state index in [0.29, 0.717) is 6.54 Å². The van der Waals surface area contributed by atoms with Gasteiger partial charge in [0, 0.05) is 51.2 Å². The SMILES string of the molecule is O=C(CN1CCNCC1c1cccnc1)Nc1ccc(N2CCCCC2)nc1. The summed E-state index contributed by atoms with van der Waals surface area (Å²) in [6.45, 7) is 5.03. The van der Waals surface area contributed by atoms with Crippen molar-refractivity contribution < 1.29 is 4.79 Å². The van der Waals surface area contributed by atoms with Gasteiger partial charge in [-0.15, -0.1) is 0 Å². The first-order valence-corrected chi connectivity index (χ1v) is 10.2. The smallest absolute Gasteiger partial charge is 0.238 e. The topological polar surface area (TPSA) is 73.4 Å². The van der Waals surface area contributed by atoms with Crippen LogP contribution in [0, 0.1) is 0 Å². The van der Waals surface area contributed by atoms with Crippen molar-refractivity contribution in [3.63, 3.8) is 0 Å². The van der Waals surface area contributed by atoms with Crippen molar-refractivity contribution in [1.82, 2.24) is 20.2 Å². The van der Waals surface area contributed by atoms with Crippen molar-refractivity contribution in [3.05, 3.63) is 48.4 Å². The highest BCUT2D eigenvalue weighted by atomic mass is 16.2. The Morgan fingerprint density at radius 1 is 1.14 bits per heavy atom. The van der Waals surface area contributed by atoms with Crippen LogP contribution in [0.15, 0.2) is 42.9 Å². The Hall–Kier alpha value is -2.51. The van der Waals surface area contributed by atoms with E-state index in [2.05, 4.69) is 36.5 Å². The fourth-order valence-corrected chi connectivity index (χ4v) is 3.99. The minimum Gasteiger partial charge on any atom is -0.357 e. The first kappa shape index (κ1) is 18.8. The lowest BCUT2D eigenvalue weighted by Crippen LogP contribution is -2.48. The molecule has 0 bridgehead atoms. The van der Waals surface area contributed by atoms with Crippen LogP contribution in [0.2, 0.25) is 0 Å². The molecule has 1 atom stereocenters. The second-order valence-corrected chi connectivity index (χ2v) is 7.48. The van der Waals surface area contributed by atoms with Gasteiger partial charge in [-0.3, -0.25) is 14.7 Å². The van der Waals surface area contributed by atoms with Gasteiger partial charge in [-0.25, -0.2) is 4.98 Å². The van der Waals surface area contributed by atoms with E-state index < -0.39 is 0 Å². The number of piperidine rings is 1. The molecule has 2 aliphatic heterocycles. The Labute approximate surface area is 166 Å². The Balaban J connectivity index is 1.35. The zero-order chi connectivity index (χ0) is 19.2. The number of hydrogen-bond donors (Lipinski definition) is 2. The summed E-state index contributed by atoms with van der Waals surface area (Å²) < 4.78 is 0. The Bertz CT molecular complexity index is 760. The second kappa shape index (κ2) is 9.12. The zero-order valence-corrected chi connectivity index (χ0v) is 16.2. The summed E-state index contributed by atoms with van der Waals surface area (Å²) in [7, 11) is 0. The van der Waals surface area contributed by atoms with Crippen molar-refractivity contribution in [3.8, 4) is 0 Å². The van der Waals surface area contributed by atoms with E-state index in [-0.39, 0.29) is 11.9 Å². The van der Waals surface area contributed by atoms with Crippen molar-refractivity contribution in [2.45, 2.75) is 25.3 Å². The predicted molar refractivity (Wildman–Crippen MR) is 110 cm³/mol. The van der Waals surface area contributed by atoms with Gasteiger partial charge in [-0.05, 0) is 43.0 Å². The fraction of sp³-hybridized carbons (Fsp3) is 0.476. The van der Waals surface area contributed by atoms with E-state index in [0.717, 1.165) is 49.8 Å². The number of hydrogen-bond acceptors (Lipinski definition) is 6. The van der Waals surface area contributed by atoms with E-state index in [4.69, 9.17) is 0 Å². The van der Waals surface area contributed by atoms with Gasteiger partial charge in [0.15, 0.2) is 0 Å². The molecule has 1 unspecified atom stereocenters. The number of rotatable bonds is 5. The van der Waals surface area contributed by atoms with Crippen LogP contribution >= 0.6 is 0 Å². The van der Waals surface area contributed by atoms with Gasteiger partial charge < -0.3 is 15.5 Å². The molecule has 2 aromatic heterocycles. The fourth-order valence-electron chi connectivity index (χ4n) is 3.99. The molecule has 4 rings (SSSR count). The molecule has 4 heterocycles. The van der Waals surface area contributed by atoms with Gasteiger partial charge in [-0.1, -0.05) is 6.07 Å². The molecule has 28 heavy (non-hydrogen) atoms. The number of nitrogens with one attached hydrogen (secondary N) is 2. The van der Waals surface area contributed by atoms with Crippen LogP contribution in [0.5, 0.6) is 0 Å². The van der Waals surface area contributed by atoms with E-state index in [9.17, 15) is 4.79 Å². The molecule has 2 fully saturated rings. The van der Waals surface area contributed by atoms with Gasteiger partial charge in [0.25, 0.3) is 0 Å². The number of carbonyl (C=O) groups excluding carboxylic acids is 1. The average molecular weight is 380 g/mol. The third kappa shape index (κ3) is 4.66. The molecule has 7 nitrogen and oxygen atoms in total. The number of piperazine rings is 1. The Kier molecular flexibility index (Phi) is 6.14. The van der Waals surface area contributed by atoms with Gasteiger partial charge >= 0.3 is 0 Å². The minimum absolute atomic E-state index is 0.0108. The van der Waals surface area contributed by atoms with Crippen LogP contribution in [-0.2, 0) is 4.79 Å². The maximum atomic E-state index is 12.6. The van der Waals surface area contributed by atoms with Gasteiger partial charge in [0.2, 0.25) is 5.91 Å². The highest BCUT2D eigenvalue weighted by Gasteiger charge is 2.25. The summed E-state index contributed by atoms with van der Waals surface area (Å²) in [6.07, 6.45) is 9.17. The summed E-state index contributed by atoms with van der Waals surface area (Å²) in [5.41, 5.74) is 1.88. The molecule has 0 aliphatic carbocycles. The molecule has 2 aliphatic rings. The lowest BCUT2D eigenvalue weighted by molar-refractivity contribution is -0.118. The lowest BCUT2D eigenvalue weighted by atomic mass is 10.1. The number of pyridine rings is 2. The number of amides is 1. The quantitative estimate of drug-likeness (QED) is 0.827. The standard InChI is InChI=1S/C21H28N6O/c28-21(16-27-12-9-23-15-19(27)17-5-4-8-22-13-17)25-18-6-7-20(24-14-18)26-10-2-1-3-11-26/h4-8,13-14,19,23H,1-3,9-12,15-16H2,(H,25,28). The number of anilines is 2. The summed E-state index contributed by atoms with van der Waals surface area (Å²) in [6, 6.07) is 8.12. The summed E-state index contributed by atoms with van der Waals surface area (Å²) in [4.78, 5) is 25.9. The van der Waals surface area contributed by atoms with Crippen LogP contribution in [-0.4, -0.2) is 60.0 Å². The molecule has 2 saturated heterocycles. The summed E-state index contributed by atoms with van der Waals surface area (Å²) in [5, 5.41) is 6.40. The zero-order valence-electron chi connectivity index (χ0n) is 16.2. The molecular weight excluding hydrogens is 352 g/mol. The molecule has 148 valence electrons. The first-order chi connectivity index (χ1) is 13.8. The minimum atomic E-state index is -0.0108.